The van der Waals surface area contributed by atoms with Crippen LogP contribution >= 0.6 is 11.6 Å². The fourth-order valence-corrected chi connectivity index (χ4v) is 3.35. The second-order valence-corrected chi connectivity index (χ2v) is 6.25. The molecule has 1 amide bonds. The maximum absolute atomic E-state index is 13.4. The highest BCUT2D eigenvalue weighted by Gasteiger charge is 2.39. The lowest BCUT2D eigenvalue weighted by Gasteiger charge is -2.26. The summed E-state index contributed by atoms with van der Waals surface area (Å²) in [6.07, 6.45) is -0.176. The maximum Gasteiger partial charge on any atom is 0.449 e. The molecule has 0 saturated heterocycles. The largest absolute Gasteiger partial charge is 0.449 e. The van der Waals surface area contributed by atoms with E-state index in [9.17, 15) is 18.0 Å². The Morgan fingerprint density at radius 2 is 2.00 bits per heavy atom. The van der Waals surface area contributed by atoms with Crippen molar-refractivity contribution in [3.63, 3.8) is 0 Å². The molecule has 0 aliphatic heterocycles. The van der Waals surface area contributed by atoms with E-state index in [4.69, 9.17) is 11.6 Å². The Morgan fingerprint density at radius 3 is 2.62 bits per heavy atom. The lowest BCUT2D eigenvalue weighted by atomic mass is 9.95. The third-order valence-corrected chi connectivity index (χ3v) is 4.53. The van der Waals surface area contributed by atoms with Gasteiger partial charge in [-0.2, -0.15) is 13.2 Å². The van der Waals surface area contributed by atoms with Gasteiger partial charge in [-0.05, 0) is 31.0 Å². The van der Waals surface area contributed by atoms with E-state index in [1.165, 1.54) is 10.6 Å². The summed E-state index contributed by atoms with van der Waals surface area (Å²) >= 11 is 5.43. The van der Waals surface area contributed by atoms with Crippen LogP contribution in [0.2, 0.25) is 0 Å². The van der Waals surface area contributed by atoms with Crippen molar-refractivity contribution in [1.29, 1.82) is 0 Å². The normalized spacial score (nSPS) is 16.5. The van der Waals surface area contributed by atoms with Gasteiger partial charge in [0.15, 0.2) is 0 Å². The van der Waals surface area contributed by atoms with Crippen LogP contribution in [-0.4, -0.2) is 21.3 Å². The second kappa shape index (κ2) is 6.63. The highest BCUT2D eigenvalue weighted by Crippen LogP contribution is 2.38. The van der Waals surface area contributed by atoms with Gasteiger partial charge < -0.3 is 9.88 Å². The number of carbonyl (C=O) groups is 1. The first-order valence-electron chi connectivity index (χ1n) is 7.85. The number of fused-ring (bicyclic) bond motifs is 1. The van der Waals surface area contributed by atoms with Crippen molar-refractivity contribution in [3.05, 3.63) is 24.0 Å². The molecular formula is C16H17ClF3N3O. The van der Waals surface area contributed by atoms with Gasteiger partial charge in [0.1, 0.15) is 5.88 Å². The average molecular weight is 360 g/mol. The topological polar surface area (TPSA) is 46.9 Å². The molecule has 0 unspecified atom stereocenters. The number of amides is 1. The van der Waals surface area contributed by atoms with Crippen molar-refractivity contribution >= 4 is 34.2 Å². The average Bonchev–Trinajstić information content (AvgIpc) is 2.94. The zero-order chi connectivity index (χ0) is 17.3. The maximum atomic E-state index is 13.4. The van der Waals surface area contributed by atoms with E-state index in [0.29, 0.717) is 11.2 Å². The molecule has 1 aliphatic carbocycles. The van der Waals surface area contributed by atoms with Crippen molar-refractivity contribution in [2.45, 2.75) is 44.3 Å². The smallest absolute Gasteiger partial charge is 0.325 e. The fourth-order valence-electron chi connectivity index (χ4n) is 3.28. The summed E-state index contributed by atoms with van der Waals surface area (Å²) in [5.41, 5.74) is 1.05. The van der Waals surface area contributed by atoms with E-state index in [-0.39, 0.29) is 17.4 Å². The first-order valence-corrected chi connectivity index (χ1v) is 8.38. The van der Waals surface area contributed by atoms with E-state index in [1.807, 2.05) is 0 Å². The lowest BCUT2D eigenvalue weighted by Crippen LogP contribution is -2.21. The van der Waals surface area contributed by atoms with Crippen LogP contribution in [0.4, 0.5) is 18.9 Å². The summed E-state index contributed by atoms with van der Waals surface area (Å²) < 4.78 is 41.6. The molecule has 4 nitrogen and oxygen atoms in total. The molecular weight excluding hydrogens is 343 g/mol. The number of hydrogen-bond donors (Lipinski definition) is 1. The van der Waals surface area contributed by atoms with Gasteiger partial charge >= 0.3 is 6.18 Å². The van der Waals surface area contributed by atoms with Crippen molar-refractivity contribution in [2.75, 3.05) is 11.2 Å². The number of nitrogens with one attached hydrogen (secondary N) is 1. The van der Waals surface area contributed by atoms with Crippen LogP contribution in [0.1, 0.15) is 44.0 Å². The van der Waals surface area contributed by atoms with Crippen molar-refractivity contribution in [1.82, 2.24) is 9.55 Å². The Hall–Kier alpha value is -1.76. The van der Waals surface area contributed by atoms with Gasteiger partial charge in [-0.3, -0.25) is 4.79 Å². The quantitative estimate of drug-likeness (QED) is 0.805. The summed E-state index contributed by atoms with van der Waals surface area (Å²) in [5.74, 6) is -1.51. The van der Waals surface area contributed by atoms with Gasteiger partial charge in [0.05, 0.1) is 11.0 Å². The Labute approximate surface area is 142 Å². The molecule has 3 rings (SSSR count). The van der Waals surface area contributed by atoms with Crippen LogP contribution in [0.3, 0.4) is 0 Å². The summed E-state index contributed by atoms with van der Waals surface area (Å²) in [5, 5.41) is 2.53. The molecule has 1 saturated carbocycles. The van der Waals surface area contributed by atoms with Crippen LogP contribution in [0.5, 0.6) is 0 Å². The van der Waals surface area contributed by atoms with Gasteiger partial charge in [-0.1, -0.05) is 19.3 Å². The van der Waals surface area contributed by atoms with Crippen LogP contribution < -0.4 is 5.32 Å². The number of benzene rings is 1. The first-order chi connectivity index (χ1) is 11.4. The van der Waals surface area contributed by atoms with Crippen LogP contribution in [-0.2, 0) is 11.0 Å². The minimum Gasteiger partial charge on any atom is -0.325 e. The molecule has 0 radical (unpaired) electrons. The molecule has 1 aliphatic rings. The Bertz CT molecular complexity index is 751. The molecule has 0 atom stereocenters. The molecule has 1 aromatic carbocycles. The first kappa shape index (κ1) is 17.1. The fraction of sp³-hybridized carbons (Fsp3) is 0.500. The molecule has 2 aromatic rings. The van der Waals surface area contributed by atoms with Gasteiger partial charge in [0, 0.05) is 11.7 Å². The van der Waals surface area contributed by atoms with Crippen LogP contribution in [0, 0.1) is 0 Å². The van der Waals surface area contributed by atoms with Crippen molar-refractivity contribution in [2.24, 2.45) is 0 Å². The highest BCUT2D eigenvalue weighted by molar-refractivity contribution is 6.29. The van der Waals surface area contributed by atoms with Crippen LogP contribution in [0.25, 0.3) is 11.0 Å². The molecule has 1 heterocycles. The molecule has 0 spiro atoms. The standard InChI is InChI=1S/C16H17ClF3N3O/c17-9-14(24)21-10-6-7-13-12(8-10)22-15(16(18,19)20)23(13)11-4-2-1-3-5-11/h6-8,11H,1-5,9H2,(H,21,24). The number of anilines is 1. The Balaban J connectivity index is 2.08. The van der Waals surface area contributed by atoms with E-state index in [0.717, 1.165) is 32.1 Å². The minimum atomic E-state index is -4.52. The van der Waals surface area contributed by atoms with E-state index >= 15 is 0 Å². The van der Waals surface area contributed by atoms with E-state index < -0.39 is 17.9 Å². The Kier molecular flexibility index (Phi) is 4.71. The molecule has 130 valence electrons. The SMILES string of the molecule is O=C(CCl)Nc1ccc2c(c1)nc(C(F)(F)F)n2C1CCCCC1. The number of aromatic nitrogens is 2. The van der Waals surface area contributed by atoms with Crippen LogP contribution in [0.15, 0.2) is 18.2 Å². The molecule has 8 heteroatoms. The molecule has 1 N–H and O–H groups in total. The zero-order valence-electron chi connectivity index (χ0n) is 12.9. The number of nitrogens with zero attached hydrogens (tertiary/aromatic N) is 2. The highest BCUT2D eigenvalue weighted by atomic mass is 35.5. The molecule has 1 aromatic heterocycles. The van der Waals surface area contributed by atoms with Crippen molar-refractivity contribution < 1.29 is 18.0 Å². The Morgan fingerprint density at radius 1 is 1.29 bits per heavy atom. The van der Waals surface area contributed by atoms with Gasteiger partial charge in [-0.15, -0.1) is 11.6 Å². The van der Waals surface area contributed by atoms with Gasteiger partial charge in [0.25, 0.3) is 0 Å². The van der Waals surface area contributed by atoms with Gasteiger partial charge in [-0.25, -0.2) is 4.98 Å². The predicted octanol–water partition coefficient (Wildman–Crippen LogP) is 4.74. The summed E-state index contributed by atoms with van der Waals surface area (Å²) in [7, 11) is 0. The van der Waals surface area contributed by atoms with Gasteiger partial charge in [0.2, 0.25) is 11.7 Å². The number of imidazole rings is 1. The number of hydrogen-bond acceptors (Lipinski definition) is 2. The summed E-state index contributed by atoms with van der Waals surface area (Å²) in [6.45, 7) is 0. The van der Waals surface area contributed by atoms with Crippen molar-refractivity contribution in [3.8, 4) is 0 Å². The molecule has 24 heavy (non-hydrogen) atoms. The zero-order valence-corrected chi connectivity index (χ0v) is 13.6. The monoisotopic (exact) mass is 359 g/mol. The number of rotatable bonds is 3. The number of alkyl halides is 4. The third kappa shape index (κ3) is 3.36. The van der Waals surface area contributed by atoms with E-state index in [2.05, 4.69) is 10.3 Å². The lowest BCUT2D eigenvalue weighted by molar-refractivity contribution is -0.147. The molecule has 0 bridgehead atoms. The summed E-state index contributed by atoms with van der Waals surface area (Å²) in [6, 6.07) is 4.42. The van der Waals surface area contributed by atoms with E-state index in [1.54, 1.807) is 12.1 Å². The molecule has 1 fully saturated rings. The minimum absolute atomic E-state index is 0.191. The third-order valence-electron chi connectivity index (χ3n) is 4.29. The number of carbonyl (C=O) groups excluding carboxylic acids is 1. The summed E-state index contributed by atoms with van der Waals surface area (Å²) in [4.78, 5) is 15.2. The number of halogens is 4. The second-order valence-electron chi connectivity index (χ2n) is 5.98. The predicted molar refractivity (Wildman–Crippen MR) is 86.2 cm³/mol.